The van der Waals surface area contributed by atoms with E-state index in [1.807, 2.05) is 85.2 Å². The van der Waals surface area contributed by atoms with Crippen LogP contribution in [-0.2, 0) is 10.5 Å². The summed E-state index contributed by atoms with van der Waals surface area (Å²) in [5.41, 5.74) is 6.09. The number of hydrogen-bond donors (Lipinski definition) is 0. The van der Waals surface area contributed by atoms with Gasteiger partial charge in [-0.25, -0.2) is 9.98 Å². The van der Waals surface area contributed by atoms with Crippen molar-refractivity contribution in [2.75, 3.05) is 11.7 Å². The molecule has 2 aromatic carbocycles. The molecule has 0 saturated carbocycles. The van der Waals surface area contributed by atoms with Crippen LogP contribution in [0, 0.1) is 13.8 Å². The highest BCUT2D eigenvalue weighted by atomic mass is 32.2. The monoisotopic (exact) mass is 482 g/mol. The van der Waals surface area contributed by atoms with Crippen molar-refractivity contribution in [3.63, 3.8) is 0 Å². The molecule has 0 unspecified atom stereocenters. The standard InChI is InChI=1S/C27H22N4O3S/c1-17-5-8-21(9-6-17)31-26(32)22(12-19-7-10-23-24(13-19)34-16-33-23)29-27(31)35-15-20-14-30-11-3-4-18(2)25(30)28-20/h3-14H,15-16H2,1-2H3/b22-12-. The smallest absolute Gasteiger partial charge is 0.283 e. The number of thioether (sulfide) groups is 1. The molecular weight excluding hydrogens is 460 g/mol. The van der Waals surface area contributed by atoms with Gasteiger partial charge in [0.05, 0.1) is 11.4 Å². The van der Waals surface area contributed by atoms with Crippen molar-refractivity contribution in [3.8, 4) is 11.5 Å². The average Bonchev–Trinajstić information content (AvgIpc) is 3.56. The van der Waals surface area contributed by atoms with Crippen molar-refractivity contribution in [3.05, 3.63) is 95.1 Å². The molecule has 174 valence electrons. The zero-order valence-corrected chi connectivity index (χ0v) is 20.1. The maximum absolute atomic E-state index is 13.5. The van der Waals surface area contributed by atoms with Crippen LogP contribution in [0.3, 0.4) is 0 Å². The number of amidine groups is 1. The Morgan fingerprint density at radius 2 is 1.89 bits per heavy atom. The van der Waals surface area contributed by atoms with Crippen LogP contribution in [0.15, 0.2) is 77.7 Å². The molecule has 6 rings (SSSR count). The molecule has 0 radical (unpaired) electrons. The van der Waals surface area contributed by atoms with Crippen LogP contribution in [-0.4, -0.2) is 27.3 Å². The largest absolute Gasteiger partial charge is 0.454 e. The van der Waals surface area contributed by atoms with E-state index in [1.54, 1.807) is 11.0 Å². The summed E-state index contributed by atoms with van der Waals surface area (Å²) in [5, 5.41) is 0.625. The molecule has 0 N–H and O–H groups in total. The number of aryl methyl sites for hydroxylation is 2. The number of aromatic nitrogens is 2. The zero-order chi connectivity index (χ0) is 23.9. The van der Waals surface area contributed by atoms with Gasteiger partial charge < -0.3 is 13.9 Å². The number of pyridine rings is 1. The Labute approximate surface area is 206 Å². The van der Waals surface area contributed by atoms with Crippen LogP contribution in [0.25, 0.3) is 11.7 Å². The lowest BCUT2D eigenvalue weighted by Crippen LogP contribution is -2.30. The van der Waals surface area contributed by atoms with Gasteiger partial charge in [-0.1, -0.05) is 41.6 Å². The van der Waals surface area contributed by atoms with Gasteiger partial charge in [-0.2, -0.15) is 0 Å². The number of imidazole rings is 1. The minimum atomic E-state index is -0.167. The predicted molar refractivity (Wildman–Crippen MR) is 138 cm³/mol. The second-order valence-electron chi connectivity index (χ2n) is 8.46. The van der Waals surface area contributed by atoms with Crippen LogP contribution in [0.4, 0.5) is 5.69 Å². The van der Waals surface area contributed by atoms with Crippen molar-refractivity contribution in [2.45, 2.75) is 19.6 Å². The van der Waals surface area contributed by atoms with Crippen LogP contribution in [0.1, 0.15) is 22.4 Å². The Kier molecular flexibility index (Phi) is 5.30. The van der Waals surface area contributed by atoms with E-state index < -0.39 is 0 Å². The summed E-state index contributed by atoms with van der Waals surface area (Å²) in [7, 11) is 0. The van der Waals surface area contributed by atoms with E-state index in [0.717, 1.165) is 33.7 Å². The van der Waals surface area contributed by atoms with Gasteiger partial charge in [0.1, 0.15) is 11.3 Å². The van der Waals surface area contributed by atoms with E-state index >= 15 is 0 Å². The second kappa shape index (κ2) is 8.63. The van der Waals surface area contributed by atoms with E-state index in [4.69, 9.17) is 19.5 Å². The molecule has 0 fully saturated rings. The number of aliphatic imine (C=N–C) groups is 1. The number of nitrogens with zero attached hydrogens (tertiary/aromatic N) is 4. The summed E-state index contributed by atoms with van der Waals surface area (Å²) in [5.74, 6) is 1.79. The van der Waals surface area contributed by atoms with Gasteiger partial charge in [0.15, 0.2) is 16.7 Å². The lowest BCUT2D eigenvalue weighted by atomic mass is 10.1. The minimum absolute atomic E-state index is 0.167. The van der Waals surface area contributed by atoms with E-state index in [9.17, 15) is 4.79 Å². The third-order valence-corrected chi connectivity index (χ3v) is 6.87. The highest BCUT2D eigenvalue weighted by Crippen LogP contribution is 2.35. The fourth-order valence-electron chi connectivity index (χ4n) is 4.09. The number of anilines is 1. The van der Waals surface area contributed by atoms with Gasteiger partial charge >= 0.3 is 0 Å². The molecule has 0 saturated heterocycles. The molecule has 2 aliphatic heterocycles. The third-order valence-electron chi connectivity index (χ3n) is 5.90. The minimum Gasteiger partial charge on any atom is -0.454 e. The Hall–Kier alpha value is -4.04. The highest BCUT2D eigenvalue weighted by Gasteiger charge is 2.32. The maximum atomic E-state index is 13.5. The van der Waals surface area contributed by atoms with Crippen molar-refractivity contribution in [1.29, 1.82) is 0 Å². The van der Waals surface area contributed by atoms with Crippen molar-refractivity contribution in [1.82, 2.24) is 9.38 Å². The summed E-state index contributed by atoms with van der Waals surface area (Å²) in [6.07, 6.45) is 5.80. The second-order valence-corrected chi connectivity index (χ2v) is 9.40. The molecule has 4 heterocycles. The lowest BCUT2D eigenvalue weighted by Gasteiger charge is -2.17. The lowest BCUT2D eigenvalue weighted by molar-refractivity contribution is -0.113. The summed E-state index contributed by atoms with van der Waals surface area (Å²) in [4.78, 5) is 24.7. The molecule has 4 aromatic rings. The first-order valence-electron chi connectivity index (χ1n) is 11.2. The fourth-order valence-corrected chi connectivity index (χ4v) is 4.98. The average molecular weight is 483 g/mol. The summed E-state index contributed by atoms with van der Waals surface area (Å²) < 4.78 is 12.9. The molecule has 2 aliphatic rings. The zero-order valence-electron chi connectivity index (χ0n) is 19.3. The number of hydrogen-bond acceptors (Lipinski definition) is 6. The molecule has 0 atom stereocenters. The van der Waals surface area contributed by atoms with Crippen molar-refractivity contribution in [2.24, 2.45) is 4.99 Å². The van der Waals surface area contributed by atoms with Gasteiger partial charge in [0, 0.05) is 18.1 Å². The van der Waals surface area contributed by atoms with Crippen LogP contribution >= 0.6 is 11.8 Å². The van der Waals surface area contributed by atoms with Crippen LogP contribution in [0.5, 0.6) is 11.5 Å². The van der Waals surface area contributed by atoms with Gasteiger partial charge in [0.2, 0.25) is 6.79 Å². The Bertz CT molecular complexity index is 1520. The SMILES string of the molecule is Cc1ccc(N2C(=O)/C(=C/c3ccc4c(c3)OCO4)N=C2SCc2cn3cccc(C)c3n2)cc1. The molecule has 1 amide bonds. The van der Waals surface area contributed by atoms with E-state index in [2.05, 4.69) is 0 Å². The van der Waals surface area contributed by atoms with Crippen molar-refractivity contribution < 1.29 is 14.3 Å². The molecule has 8 heteroatoms. The summed E-state index contributed by atoms with van der Waals surface area (Å²) in [6, 6.07) is 17.5. The molecule has 7 nitrogen and oxygen atoms in total. The van der Waals surface area contributed by atoms with E-state index in [0.29, 0.717) is 28.1 Å². The summed E-state index contributed by atoms with van der Waals surface area (Å²) >= 11 is 1.50. The number of benzene rings is 2. The highest BCUT2D eigenvalue weighted by molar-refractivity contribution is 8.13. The number of rotatable bonds is 4. The van der Waals surface area contributed by atoms with Crippen LogP contribution in [0.2, 0.25) is 0 Å². The molecule has 2 aromatic heterocycles. The first-order valence-corrected chi connectivity index (χ1v) is 12.2. The number of fused-ring (bicyclic) bond motifs is 2. The first-order chi connectivity index (χ1) is 17.0. The molecule has 0 spiro atoms. The number of ether oxygens (including phenoxy) is 2. The van der Waals surface area contributed by atoms with Gasteiger partial charge in [-0.05, 0) is 61.4 Å². The normalized spacial score (nSPS) is 15.9. The molecule has 0 bridgehead atoms. The Morgan fingerprint density at radius 1 is 1.06 bits per heavy atom. The Morgan fingerprint density at radius 3 is 2.71 bits per heavy atom. The maximum Gasteiger partial charge on any atom is 0.283 e. The van der Waals surface area contributed by atoms with Gasteiger partial charge in [0.25, 0.3) is 5.91 Å². The molecule has 0 aliphatic carbocycles. The van der Waals surface area contributed by atoms with Crippen molar-refractivity contribution >= 4 is 40.2 Å². The Balaban J connectivity index is 1.33. The number of carbonyl (C=O) groups excluding carboxylic acids is 1. The number of amides is 1. The summed E-state index contributed by atoms with van der Waals surface area (Å²) in [6.45, 7) is 4.28. The topological polar surface area (TPSA) is 68.4 Å². The molecular formula is C27H22N4O3S. The van der Waals surface area contributed by atoms with E-state index in [-0.39, 0.29) is 12.7 Å². The van der Waals surface area contributed by atoms with Gasteiger partial charge in [-0.15, -0.1) is 0 Å². The first kappa shape index (κ1) is 21.5. The fraction of sp³-hybridized carbons (Fsp3) is 0.148. The van der Waals surface area contributed by atoms with E-state index in [1.165, 1.54) is 11.8 Å². The molecule has 35 heavy (non-hydrogen) atoms. The van der Waals surface area contributed by atoms with Crippen LogP contribution < -0.4 is 14.4 Å². The number of carbonyl (C=O) groups is 1. The van der Waals surface area contributed by atoms with Gasteiger partial charge in [-0.3, -0.25) is 9.69 Å². The quantitative estimate of drug-likeness (QED) is 0.367. The third kappa shape index (κ3) is 4.06. The predicted octanol–water partition coefficient (Wildman–Crippen LogP) is 5.36.